The highest BCUT2D eigenvalue weighted by atomic mass is 32.2. The fourth-order valence-corrected chi connectivity index (χ4v) is 3.44. The highest BCUT2D eigenvalue weighted by molar-refractivity contribution is 7.99. The third-order valence-corrected chi connectivity index (χ3v) is 4.81. The van der Waals surface area contributed by atoms with Crippen molar-refractivity contribution in [3.63, 3.8) is 0 Å². The van der Waals surface area contributed by atoms with Gasteiger partial charge in [-0.05, 0) is 38.2 Å². The molecule has 0 aliphatic carbocycles. The molecule has 0 aliphatic heterocycles. The number of esters is 1. The number of rotatable bonds is 11. The second-order valence-electron chi connectivity index (χ2n) is 5.99. The van der Waals surface area contributed by atoms with Crippen LogP contribution in [0.5, 0.6) is 0 Å². The van der Waals surface area contributed by atoms with E-state index in [1.807, 2.05) is 25.1 Å². The van der Waals surface area contributed by atoms with E-state index in [4.69, 9.17) is 4.74 Å². The molecule has 1 aromatic carbocycles. The fraction of sp³-hybridized carbons (Fsp3) is 0.450. The lowest BCUT2D eigenvalue weighted by Gasteiger charge is -2.05. The first kappa shape index (κ1) is 20.2. The number of ether oxygens (including phenoxy) is 1. The number of unbranched alkanes of at least 4 members (excludes halogenated alkanes) is 2. The lowest BCUT2D eigenvalue weighted by atomic mass is 10.1. The minimum absolute atomic E-state index is 0.104. The summed E-state index contributed by atoms with van der Waals surface area (Å²) in [6, 6.07) is 11.8. The van der Waals surface area contributed by atoms with E-state index < -0.39 is 0 Å². The van der Waals surface area contributed by atoms with Crippen molar-refractivity contribution in [3.8, 4) is 0 Å². The van der Waals surface area contributed by atoms with Gasteiger partial charge in [0.1, 0.15) is 0 Å². The average Bonchev–Trinajstić information content (AvgIpc) is 2.63. The van der Waals surface area contributed by atoms with E-state index in [-0.39, 0.29) is 11.5 Å². The molecular weight excluding hydrogens is 348 g/mol. The minimum Gasteiger partial charge on any atom is -0.466 e. The van der Waals surface area contributed by atoms with Crippen molar-refractivity contribution in [1.29, 1.82) is 0 Å². The number of carbonyl (C=O) groups excluding carboxylic acids is 1. The zero-order chi connectivity index (χ0) is 18.6. The molecule has 5 nitrogen and oxygen atoms in total. The van der Waals surface area contributed by atoms with Gasteiger partial charge in [-0.25, -0.2) is 4.98 Å². The van der Waals surface area contributed by atoms with Gasteiger partial charge in [0.15, 0.2) is 5.16 Å². The Balaban J connectivity index is 1.73. The van der Waals surface area contributed by atoms with E-state index >= 15 is 0 Å². The number of hydrogen-bond donors (Lipinski definition) is 1. The van der Waals surface area contributed by atoms with Gasteiger partial charge in [0.2, 0.25) is 0 Å². The van der Waals surface area contributed by atoms with Gasteiger partial charge in [-0.1, -0.05) is 48.5 Å². The van der Waals surface area contributed by atoms with Gasteiger partial charge in [0, 0.05) is 23.9 Å². The summed E-state index contributed by atoms with van der Waals surface area (Å²) in [6.07, 6.45) is 4.87. The number of benzene rings is 1. The van der Waals surface area contributed by atoms with Crippen LogP contribution in [0.4, 0.5) is 0 Å². The van der Waals surface area contributed by atoms with E-state index in [1.54, 1.807) is 17.8 Å². The maximum atomic E-state index is 11.8. The number of thioether (sulfide) groups is 1. The van der Waals surface area contributed by atoms with Gasteiger partial charge < -0.3 is 9.72 Å². The molecule has 26 heavy (non-hydrogen) atoms. The standard InChI is InChI=1S/C20H26N2O3S/c1-2-25-19(24)11-7-4-8-14-26-20-21-17(15-18(23)22-20)13-12-16-9-5-3-6-10-16/h3,5-6,9-10,15H,2,4,7-8,11-14H2,1H3,(H,21,22,23). The zero-order valence-electron chi connectivity index (χ0n) is 15.2. The maximum absolute atomic E-state index is 11.8. The second kappa shape index (κ2) is 11.5. The van der Waals surface area contributed by atoms with E-state index in [0.717, 1.165) is 43.6 Å². The Kier molecular flexibility index (Phi) is 8.96. The lowest BCUT2D eigenvalue weighted by molar-refractivity contribution is -0.143. The summed E-state index contributed by atoms with van der Waals surface area (Å²) in [5, 5.41) is 0.672. The monoisotopic (exact) mass is 374 g/mol. The molecule has 1 aromatic heterocycles. The Morgan fingerprint density at radius 1 is 1.15 bits per heavy atom. The number of H-pyrrole nitrogens is 1. The molecule has 1 heterocycles. The SMILES string of the molecule is CCOC(=O)CCCCCSc1nc(CCc2ccccc2)cc(=O)[nH]1. The smallest absolute Gasteiger partial charge is 0.305 e. The summed E-state index contributed by atoms with van der Waals surface area (Å²) in [5.41, 5.74) is 1.96. The number of nitrogens with one attached hydrogen (secondary N) is 1. The Bertz CT molecular complexity index is 731. The predicted octanol–water partition coefficient (Wildman–Crippen LogP) is 3.77. The van der Waals surface area contributed by atoms with Gasteiger partial charge in [0.05, 0.1) is 6.61 Å². The largest absolute Gasteiger partial charge is 0.466 e. The number of aromatic amines is 1. The van der Waals surface area contributed by atoms with Crippen molar-refractivity contribution in [3.05, 3.63) is 58.0 Å². The van der Waals surface area contributed by atoms with Crippen LogP contribution in [0.1, 0.15) is 43.9 Å². The summed E-state index contributed by atoms with van der Waals surface area (Å²) in [6.45, 7) is 2.25. The van der Waals surface area contributed by atoms with Gasteiger partial charge in [-0.15, -0.1) is 0 Å². The van der Waals surface area contributed by atoms with Crippen molar-refractivity contribution in [2.45, 2.75) is 50.6 Å². The molecule has 140 valence electrons. The molecule has 0 unspecified atom stereocenters. The van der Waals surface area contributed by atoms with Crippen LogP contribution in [0, 0.1) is 0 Å². The van der Waals surface area contributed by atoms with Crippen LogP contribution in [0.2, 0.25) is 0 Å². The van der Waals surface area contributed by atoms with E-state index in [0.29, 0.717) is 18.2 Å². The molecule has 6 heteroatoms. The summed E-state index contributed by atoms with van der Waals surface area (Å²) in [4.78, 5) is 30.4. The van der Waals surface area contributed by atoms with Crippen LogP contribution >= 0.6 is 11.8 Å². The highest BCUT2D eigenvalue weighted by Gasteiger charge is 2.04. The quantitative estimate of drug-likeness (QED) is 0.280. The Hall–Kier alpha value is -2.08. The molecule has 0 amide bonds. The van der Waals surface area contributed by atoms with Gasteiger partial charge in [0.25, 0.3) is 5.56 Å². The van der Waals surface area contributed by atoms with E-state index in [1.165, 1.54) is 5.56 Å². The summed E-state index contributed by atoms with van der Waals surface area (Å²) >= 11 is 1.56. The van der Waals surface area contributed by atoms with Crippen LogP contribution in [0.25, 0.3) is 0 Å². The summed E-state index contributed by atoms with van der Waals surface area (Å²) < 4.78 is 4.91. The molecule has 0 saturated carbocycles. The molecule has 0 radical (unpaired) electrons. The van der Waals surface area contributed by atoms with Crippen molar-refractivity contribution >= 4 is 17.7 Å². The van der Waals surface area contributed by atoms with Crippen LogP contribution in [0.3, 0.4) is 0 Å². The first-order valence-electron chi connectivity index (χ1n) is 9.10. The van der Waals surface area contributed by atoms with Crippen molar-refractivity contribution < 1.29 is 9.53 Å². The Labute approximate surface area is 158 Å². The molecule has 2 aromatic rings. The van der Waals surface area contributed by atoms with Crippen LogP contribution in [0.15, 0.2) is 46.3 Å². The van der Waals surface area contributed by atoms with Crippen LogP contribution in [-0.4, -0.2) is 28.3 Å². The first-order chi connectivity index (χ1) is 12.7. The topological polar surface area (TPSA) is 72.0 Å². The Morgan fingerprint density at radius 3 is 2.73 bits per heavy atom. The lowest BCUT2D eigenvalue weighted by Crippen LogP contribution is -2.11. The van der Waals surface area contributed by atoms with E-state index in [2.05, 4.69) is 22.1 Å². The van der Waals surface area contributed by atoms with Crippen molar-refractivity contribution in [2.24, 2.45) is 0 Å². The highest BCUT2D eigenvalue weighted by Crippen LogP contribution is 2.15. The zero-order valence-corrected chi connectivity index (χ0v) is 16.0. The number of aromatic nitrogens is 2. The van der Waals surface area contributed by atoms with Gasteiger partial charge in [-0.2, -0.15) is 0 Å². The second-order valence-corrected chi connectivity index (χ2v) is 7.08. The Morgan fingerprint density at radius 2 is 1.96 bits per heavy atom. The third-order valence-electron chi connectivity index (χ3n) is 3.85. The molecule has 0 fully saturated rings. The van der Waals surface area contributed by atoms with E-state index in [9.17, 15) is 9.59 Å². The summed E-state index contributed by atoms with van der Waals surface area (Å²) in [7, 11) is 0. The third kappa shape index (κ3) is 7.87. The molecular formula is C20H26N2O3S. The first-order valence-corrected chi connectivity index (χ1v) is 10.1. The average molecular weight is 375 g/mol. The normalized spacial score (nSPS) is 10.7. The molecule has 1 N–H and O–H groups in total. The molecule has 0 bridgehead atoms. The summed E-state index contributed by atoms with van der Waals surface area (Å²) in [5.74, 6) is 0.741. The molecule has 2 rings (SSSR count). The maximum Gasteiger partial charge on any atom is 0.305 e. The molecule has 0 spiro atoms. The number of hydrogen-bond acceptors (Lipinski definition) is 5. The van der Waals surface area contributed by atoms with Gasteiger partial charge >= 0.3 is 5.97 Å². The van der Waals surface area contributed by atoms with Crippen LogP contribution in [-0.2, 0) is 22.4 Å². The number of nitrogens with zero attached hydrogens (tertiary/aromatic N) is 1. The van der Waals surface area contributed by atoms with Crippen molar-refractivity contribution in [2.75, 3.05) is 12.4 Å². The van der Waals surface area contributed by atoms with Gasteiger partial charge in [-0.3, -0.25) is 9.59 Å². The molecule has 0 saturated heterocycles. The van der Waals surface area contributed by atoms with Crippen molar-refractivity contribution in [1.82, 2.24) is 9.97 Å². The fourth-order valence-electron chi connectivity index (χ4n) is 2.55. The molecule has 0 aliphatic rings. The predicted molar refractivity (Wildman–Crippen MR) is 105 cm³/mol. The minimum atomic E-state index is -0.128. The van der Waals surface area contributed by atoms with Crippen LogP contribution < -0.4 is 5.56 Å². The number of aryl methyl sites for hydroxylation is 2. The number of carbonyl (C=O) groups is 1. The molecule has 0 atom stereocenters.